The molecule has 1 amide bonds. The number of thioether (sulfide) groups is 1. The Bertz CT molecular complexity index is 827. The molecule has 4 nitrogen and oxygen atoms in total. The van der Waals surface area contributed by atoms with E-state index in [1.165, 1.54) is 11.8 Å². The van der Waals surface area contributed by atoms with Gasteiger partial charge in [-0.25, -0.2) is 4.98 Å². The molecule has 0 bridgehead atoms. The maximum atomic E-state index is 11.9. The highest BCUT2D eigenvalue weighted by molar-refractivity contribution is 8.00. The van der Waals surface area contributed by atoms with Crippen LogP contribution in [0.1, 0.15) is 10.8 Å². The molecule has 0 aliphatic rings. The molecule has 0 aliphatic carbocycles. The molecular weight excluding hydrogens is 364 g/mol. The van der Waals surface area contributed by atoms with E-state index in [2.05, 4.69) is 10.3 Å². The number of benzene rings is 1. The SMILES string of the molecule is Cc1nc(-c2ccc(CNC(=O)CSc3ccc(Cl)cc3)o2)cs1. The van der Waals surface area contributed by atoms with Gasteiger partial charge in [0.2, 0.25) is 5.91 Å². The van der Waals surface area contributed by atoms with Gasteiger partial charge in [0.25, 0.3) is 0 Å². The Morgan fingerprint density at radius 1 is 1.29 bits per heavy atom. The molecule has 0 unspecified atom stereocenters. The van der Waals surface area contributed by atoms with Crippen molar-refractivity contribution in [2.75, 3.05) is 5.75 Å². The lowest BCUT2D eigenvalue weighted by Crippen LogP contribution is -2.24. The minimum absolute atomic E-state index is 0.0441. The largest absolute Gasteiger partial charge is 0.458 e. The third kappa shape index (κ3) is 4.63. The Balaban J connectivity index is 1.48. The Hall–Kier alpha value is -1.76. The van der Waals surface area contributed by atoms with E-state index >= 15 is 0 Å². The van der Waals surface area contributed by atoms with Crippen molar-refractivity contribution in [2.24, 2.45) is 0 Å². The minimum Gasteiger partial charge on any atom is -0.458 e. The molecule has 7 heteroatoms. The third-order valence-electron chi connectivity index (χ3n) is 3.18. The average Bonchev–Trinajstić information content (AvgIpc) is 3.21. The monoisotopic (exact) mass is 378 g/mol. The van der Waals surface area contributed by atoms with Gasteiger partial charge in [-0.1, -0.05) is 11.6 Å². The molecule has 2 aromatic heterocycles. The number of thiazole rings is 1. The standard InChI is InChI=1S/C17H15ClN2O2S2/c1-11-20-15(9-23-11)16-7-4-13(22-16)8-19-17(21)10-24-14-5-2-12(18)3-6-14/h2-7,9H,8,10H2,1H3,(H,19,21). The molecule has 2 heterocycles. The molecule has 0 saturated carbocycles. The van der Waals surface area contributed by atoms with Crippen molar-refractivity contribution >= 4 is 40.6 Å². The average molecular weight is 379 g/mol. The zero-order valence-corrected chi connectivity index (χ0v) is 15.3. The maximum Gasteiger partial charge on any atom is 0.230 e. The lowest BCUT2D eigenvalue weighted by atomic mass is 10.3. The van der Waals surface area contributed by atoms with Crippen molar-refractivity contribution in [2.45, 2.75) is 18.4 Å². The summed E-state index contributed by atoms with van der Waals surface area (Å²) < 4.78 is 5.72. The van der Waals surface area contributed by atoms with Crippen molar-refractivity contribution in [1.29, 1.82) is 0 Å². The predicted octanol–water partition coefficient (Wildman–Crippen LogP) is 4.77. The first kappa shape index (κ1) is 17.1. The fourth-order valence-electron chi connectivity index (χ4n) is 2.00. The zero-order chi connectivity index (χ0) is 16.9. The summed E-state index contributed by atoms with van der Waals surface area (Å²) in [4.78, 5) is 17.3. The Labute approximate surface area is 153 Å². The van der Waals surface area contributed by atoms with Crippen molar-refractivity contribution in [1.82, 2.24) is 10.3 Å². The second-order valence-corrected chi connectivity index (χ2v) is 7.58. The number of aryl methyl sites for hydroxylation is 1. The summed E-state index contributed by atoms with van der Waals surface area (Å²) in [6, 6.07) is 11.2. The van der Waals surface area contributed by atoms with E-state index in [0.29, 0.717) is 23.1 Å². The van der Waals surface area contributed by atoms with Crippen LogP contribution in [0.15, 0.2) is 51.1 Å². The number of amides is 1. The summed E-state index contributed by atoms with van der Waals surface area (Å²) in [5.74, 6) is 1.73. The van der Waals surface area contributed by atoms with Crippen LogP contribution in [0.25, 0.3) is 11.5 Å². The first-order chi connectivity index (χ1) is 11.6. The molecule has 0 atom stereocenters. The van der Waals surface area contributed by atoms with Crippen LogP contribution in [0, 0.1) is 6.92 Å². The fraction of sp³-hybridized carbons (Fsp3) is 0.176. The number of furan rings is 1. The molecule has 1 N–H and O–H groups in total. The smallest absolute Gasteiger partial charge is 0.230 e. The molecule has 3 aromatic rings. The summed E-state index contributed by atoms with van der Waals surface area (Å²) >= 11 is 8.88. The van der Waals surface area contributed by atoms with Crippen LogP contribution in [0.2, 0.25) is 5.02 Å². The van der Waals surface area contributed by atoms with E-state index in [0.717, 1.165) is 21.4 Å². The van der Waals surface area contributed by atoms with E-state index in [4.69, 9.17) is 16.0 Å². The van der Waals surface area contributed by atoms with E-state index < -0.39 is 0 Å². The highest BCUT2D eigenvalue weighted by Gasteiger charge is 2.09. The molecule has 0 fully saturated rings. The first-order valence-corrected chi connectivity index (χ1v) is 9.51. The van der Waals surface area contributed by atoms with Crippen LogP contribution in [-0.2, 0) is 11.3 Å². The molecule has 3 rings (SSSR count). The van der Waals surface area contributed by atoms with Crippen LogP contribution in [0.3, 0.4) is 0 Å². The number of nitrogens with one attached hydrogen (secondary N) is 1. The molecule has 0 spiro atoms. The number of aromatic nitrogens is 1. The number of halogens is 1. The first-order valence-electron chi connectivity index (χ1n) is 7.26. The van der Waals surface area contributed by atoms with E-state index in [1.807, 2.05) is 48.7 Å². The van der Waals surface area contributed by atoms with Gasteiger partial charge in [-0.3, -0.25) is 4.79 Å². The molecule has 24 heavy (non-hydrogen) atoms. The number of rotatable bonds is 6. The van der Waals surface area contributed by atoms with Gasteiger partial charge in [-0.2, -0.15) is 0 Å². The summed E-state index contributed by atoms with van der Waals surface area (Å²) in [6.45, 7) is 2.32. The van der Waals surface area contributed by atoms with E-state index in [-0.39, 0.29) is 5.91 Å². The minimum atomic E-state index is -0.0441. The van der Waals surface area contributed by atoms with Gasteiger partial charge < -0.3 is 9.73 Å². The van der Waals surface area contributed by atoms with Crippen molar-refractivity contribution in [3.8, 4) is 11.5 Å². The quantitative estimate of drug-likeness (QED) is 0.627. The van der Waals surface area contributed by atoms with Gasteiger partial charge in [-0.15, -0.1) is 23.1 Å². The van der Waals surface area contributed by atoms with E-state index in [9.17, 15) is 4.79 Å². The summed E-state index contributed by atoms with van der Waals surface area (Å²) in [5, 5.41) is 6.49. The van der Waals surface area contributed by atoms with Crippen molar-refractivity contribution in [3.05, 3.63) is 57.6 Å². The molecule has 0 saturated heterocycles. The summed E-state index contributed by atoms with van der Waals surface area (Å²) in [7, 11) is 0. The number of nitrogens with zero attached hydrogens (tertiary/aromatic N) is 1. The lowest BCUT2D eigenvalue weighted by Gasteiger charge is -2.03. The van der Waals surface area contributed by atoms with Gasteiger partial charge in [-0.05, 0) is 43.3 Å². The molecule has 1 aromatic carbocycles. The molecular formula is C17H15ClN2O2S2. The number of hydrogen-bond donors (Lipinski definition) is 1. The van der Waals surface area contributed by atoms with Gasteiger partial charge in [0.05, 0.1) is 17.3 Å². The maximum absolute atomic E-state index is 11.9. The van der Waals surface area contributed by atoms with Gasteiger partial charge in [0, 0.05) is 15.3 Å². The number of carbonyl (C=O) groups excluding carboxylic acids is 1. The van der Waals surface area contributed by atoms with Gasteiger partial charge in [0.1, 0.15) is 11.5 Å². The van der Waals surface area contributed by atoms with Crippen LogP contribution in [0.4, 0.5) is 0 Å². The summed E-state index contributed by atoms with van der Waals surface area (Å²) in [6.07, 6.45) is 0. The fourth-order valence-corrected chi connectivity index (χ4v) is 3.46. The Morgan fingerprint density at radius 2 is 2.08 bits per heavy atom. The summed E-state index contributed by atoms with van der Waals surface area (Å²) in [5.41, 5.74) is 0.827. The van der Waals surface area contributed by atoms with E-state index in [1.54, 1.807) is 11.3 Å². The highest BCUT2D eigenvalue weighted by Crippen LogP contribution is 2.24. The predicted molar refractivity (Wildman–Crippen MR) is 98.6 cm³/mol. The van der Waals surface area contributed by atoms with Crippen molar-refractivity contribution in [3.63, 3.8) is 0 Å². The highest BCUT2D eigenvalue weighted by atomic mass is 35.5. The second-order valence-electron chi connectivity index (χ2n) is 5.04. The van der Waals surface area contributed by atoms with Crippen LogP contribution >= 0.6 is 34.7 Å². The Kier molecular flexibility index (Phi) is 5.60. The van der Waals surface area contributed by atoms with Gasteiger partial charge >= 0.3 is 0 Å². The van der Waals surface area contributed by atoms with Crippen molar-refractivity contribution < 1.29 is 9.21 Å². The van der Waals surface area contributed by atoms with Crippen LogP contribution in [0.5, 0.6) is 0 Å². The molecule has 124 valence electrons. The Morgan fingerprint density at radius 3 is 2.79 bits per heavy atom. The van der Waals surface area contributed by atoms with Gasteiger partial charge in [0.15, 0.2) is 5.76 Å². The van der Waals surface area contributed by atoms with Crippen LogP contribution in [-0.4, -0.2) is 16.6 Å². The third-order valence-corrected chi connectivity index (χ3v) is 5.21. The molecule has 0 radical (unpaired) electrons. The number of hydrogen-bond acceptors (Lipinski definition) is 5. The zero-order valence-electron chi connectivity index (χ0n) is 12.9. The topological polar surface area (TPSA) is 55.1 Å². The molecule has 0 aliphatic heterocycles. The lowest BCUT2D eigenvalue weighted by molar-refractivity contribution is -0.118. The number of carbonyl (C=O) groups is 1. The van der Waals surface area contributed by atoms with Crippen LogP contribution < -0.4 is 5.32 Å². The second kappa shape index (κ2) is 7.88. The normalized spacial score (nSPS) is 10.8.